The van der Waals surface area contributed by atoms with Gasteiger partial charge in [0, 0.05) is 10.7 Å². The minimum absolute atomic E-state index is 0.216. The second-order valence-electron chi connectivity index (χ2n) is 6.12. The number of nitrogens with one attached hydrogen (secondary N) is 1. The van der Waals surface area contributed by atoms with E-state index in [-0.39, 0.29) is 11.6 Å². The van der Waals surface area contributed by atoms with Crippen molar-refractivity contribution in [3.8, 4) is 11.5 Å². The topological polar surface area (TPSA) is 63.8 Å². The molecule has 0 radical (unpaired) electrons. The number of hydrogen-bond donors (Lipinski definition) is 1. The lowest BCUT2D eigenvalue weighted by molar-refractivity contribution is -0.137. The van der Waals surface area contributed by atoms with Gasteiger partial charge in [0.15, 0.2) is 11.3 Å². The molecule has 0 atom stereocenters. The van der Waals surface area contributed by atoms with Crippen LogP contribution in [0.15, 0.2) is 46.9 Å². The van der Waals surface area contributed by atoms with Gasteiger partial charge in [-0.25, -0.2) is 9.97 Å². The first kappa shape index (κ1) is 19.5. The average molecular weight is 439 g/mol. The van der Waals surface area contributed by atoms with Crippen molar-refractivity contribution in [2.75, 3.05) is 5.32 Å². The Bertz CT molecular complexity index is 1210. The standard InChI is InChI=1S/C19H11Cl2F3N4O/c1-9-25-16(27-12-5-2-10(3-6-12)19(22,23)24)15-18(26-9)29-17(28-15)13-7-4-11(20)8-14(13)21/h2-8H,1H3,(H,25,26,27). The Hall–Kier alpha value is -2.84. The van der Waals surface area contributed by atoms with E-state index >= 15 is 0 Å². The molecule has 0 aliphatic rings. The summed E-state index contributed by atoms with van der Waals surface area (Å²) in [7, 11) is 0. The first-order valence-electron chi connectivity index (χ1n) is 8.25. The van der Waals surface area contributed by atoms with Gasteiger partial charge in [-0.05, 0) is 49.4 Å². The molecule has 2 aromatic carbocycles. The summed E-state index contributed by atoms with van der Waals surface area (Å²) in [5, 5.41) is 3.78. The Labute approximate surface area is 172 Å². The second-order valence-corrected chi connectivity index (χ2v) is 6.96. The zero-order chi connectivity index (χ0) is 20.8. The van der Waals surface area contributed by atoms with Crippen LogP contribution in [0.25, 0.3) is 22.7 Å². The molecule has 5 nitrogen and oxygen atoms in total. The van der Waals surface area contributed by atoms with Crippen LogP contribution >= 0.6 is 23.2 Å². The van der Waals surface area contributed by atoms with Crippen molar-refractivity contribution in [1.82, 2.24) is 15.0 Å². The molecule has 0 bridgehead atoms. The lowest BCUT2D eigenvalue weighted by Crippen LogP contribution is -2.04. The highest BCUT2D eigenvalue weighted by atomic mass is 35.5. The maximum Gasteiger partial charge on any atom is 0.416 e. The molecule has 0 saturated heterocycles. The molecule has 148 valence electrons. The molecule has 4 rings (SSSR count). The van der Waals surface area contributed by atoms with Crippen LogP contribution in [0.4, 0.5) is 24.7 Å². The maximum absolute atomic E-state index is 12.7. The third kappa shape index (κ3) is 3.99. The highest BCUT2D eigenvalue weighted by Crippen LogP contribution is 2.34. The average Bonchev–Trinajstić information content (AvgIpc) is 3.05. The van der Waals surface area contributed by atoms with Gasteiger partial charge >= 0.3 is 6.18 Å². The number of halogens is 5. The van der Waals surface area contributed by atoms with E-state index in [1.54, 1.807) is 25.1 Å². The Kier molecular flexibility index (Phi) is 4.84. The molecule has 0 amide bonds. The van der Waals surface area contributed by atoms with Gasteiger partial charge in [-0.15, -0.1) is 0 Å². The first-order chi connectivity index (χ1) is 13.7. The molecule has 0 spiro atoms. The summed E-state index contributed by atoms with van der Waals surface area (Å²) in [6.07, 6.45) is -4.41. The van der Waals surface area contributed by atoms with Crippen LogP contribution in [-0.4, -0.2) is 15.0 Å². The number of fused-ring (bicyclic) bond motifs is 1. The summed E-state index contributed by atoms with van der Waals surface area (Å²) in [5.74, 6) is 0.918. The number of aryl methyl sites for hydroxylation is 1. The maximum atomic E-state index is 12.7. The smallest absolute Gasteiger partial charge is 0.416 e. The van der Waals surface area contributed by atoms with Crippen molar-refractivity contribution < 1.29 is 17.6 Å². The highest BCUT2D eigenvalue weighted by Gasteiger charge is 2.30. The number of rotatable bonds is 3. The van der Waals surface area contributed by atoms with Gasteiger partial charge in [0.1, 0.15) is 5.82 Å². The number of benzene rings is 2. The molecule has 4 aromatic rings. The van der Waals surface area contributed by atoms with Crippen molar-refractivity contribution in [3.05, 3.63) is 63.9 Å². The van der Waals surface area contributed by atoms with E-state index in [9.17, 15) is 13.2 Å². The zero-order valence-electron chi connectivity index (χ0n) is 14.7. The van der Waals surface area contributed by atoms with Gasteiger partial charge in [-0.2, -0.15) is 18.2 Å². The van der Waals surface area contributed by atoms with Crippen molar-refractivity contribution >= 4 is 45.9 Å². The Morgan fingerprint density at radius 2 is 1.69 bits per heavy atom. The fourth-order valence-corrected chi connectivity index (χ4v) is 3.16. The summed E-state index contributed by atoms with van der Waals surface area (Å²) in [4.78, 5) is 12.9. The number of alkyl halides is 3. The van der Waals surface area contributed by atoms with Crippen LogP contribution in [0.1, 0.15) is 11.4 Å². The van der Waals surface area contributed by atoms with Crippen molar-refractivity contribution in [1.29, 1.82) is 0 Å². The fourth-order valence-electron chi connectivity index (χ4n) is 2.67. The van der Waals surface area contributed by atoms with Crippen molar-refractivity contribution in [3.63, 3.8) is 0 Å². The SMILES string of the molecule is Cc1nc(Nc2ccc(C(F)(F)F)cc2)c2nc(-c3ccc(Cl)cc3Cl)oc2n1. The van der Waals surface area contributed by atoms with E-state index < -0.39 is 11.7 Å². The molecule has 0 aliphatic heterocycles. The minimum atomic E-state index is -4.41. The molecule has 0 unspecified atom stereocenters. The molecule has 2 aromatic heterocycles. The van der Waals surface area contributed by atoms with Crippen LogP contribution in [0.5, 0.6) is 0 Å². The van der Waals surface area contributed by atoms with Crippen LogP contribution in [-0.2, 0) is 6.18 Å². The Morgan fingerprint density at radius 3 is 2.34 bits per heavy atom. The molecule has 0 aliphatic carbocycles. The number of anilines is 2. The Balaban J connectivity index is 1.74. The van der Waals surface area contributed by atoms with Gasteiger partial charge < -0.3 is 9.73 Å². The molecule has 29 heavy (non-hydrogen) atoms. The second kappa shape index (κ2) is 7.20. The number of oxazole rings is 1. The summed E-state index contributed by atoms with van der Waals surface area (Å²) < 4.78 is 44.0. The molecule has 0 saturated carbocycles. The fraction of sp³-hybridized carbons (Fsp3) is 0.105. The van der Waals surface area contributed by atoms with Gasteiger partial charge in [-0.1, -0.05) is 23.2 Å². The number of hydrogen-bond acceptors (Lipinski definition) is 5. The summed E-state index contributed by atoms with van der Waals surface area (Å²) in [5.41, 5.74) is 0.719. The third-order valence-corrected chi connectivity index (χ3v) is 4.55. The van der Waals surface area contributed by atoms with E-state index in [2.05, 4.69) is 20.3 Å². The lowest BCUT2D eigenvalue weighted by atomic mass is 10.2. The largest absolute Gasteiger partial charge is 0.417 e. The van der Waals surface area contributed by atoms with E-state index in [0.717, 1.165) is 12.1 Å². The predicted octanol–water partition coefficient (Wildman–Crippen LogP) is 6.66. The van der Waals surface area contributed by atoms with Crippen molar-refractivity contribution in [2.45, 2.75) is 13.1 Å². The molecular weight excluding hydrogens is 428 g/mol. The monoisotopic (exact) mass is 438 g/mol. The first-order valence-corrected chi connectivity index (χ1v) is 9.01. The third-order valence-electron chi connectivity index (χ3n) is 4.01. The van der Waals surface area contributed by atoms with E-state index in [4.69, 9.17) is 27.6 Å². The molecule has 10 heteroatoms. The van der Waals surface area contributed by atoms with Crippen LogP contribution in [0, 0.1) is 6.92 Å². The van der Waals surface area contributed by atoms with Gasteiger partial charge in [0.2, 0.25) is 5.89 Å². The normalized spacial score (nSPS) is 11.8. The van der Waals surface area contributed by atoms with Gasteiger partial charge in [-0.3, -0.25) is 0 Å². The van der Waals surface area contributed by atoms with Gasteiger partial charge in [0.05, 0.1) is 16.1 Å². The molecule has 0 fully saturated rings. The predicted molar refractivity (Wildman–Crippen MR) is 105 cm³/mol. The quantitative estimate of drug-likeness (QED) is 0.387. The van der Waals surface area contributed by atoms with Crippen LogP contribution in [0.3, 0.4) is 0 Å². The van der Waals surface area contributed by atoms with Gasteiger partial charge in [0.25, 0.3) is 5.71 Å². The summed E-state index contributed by atoms with van der Waals surface area (Å²) in [6, 6.07) is 9.46. The zero-order valence-corrected chi connectivity index (χ0v) is 16.2. The lowest BCUT2D eigenvalue weighted by Gasteiger charge is -2.09. The molecule has 2 heterocycles. The summed E-state index contributed by atoms with van der Waals surface area (Å²) >= 11 is 12.1. The van der Waals surface area contributed by atoms with E-state index in [1.165, 1.54) is 12.1 Å². The molecule has 1 N–H and O–H groups in total. The molecular formula is C19H11Cl2F3N4O. The summed E-state index contributed by atoms with van der Waals surface area (Å²) in [6.45, 7) is 1.66. The van der Waals surface area contributed by atoms with Crippen LogP contribution < -0.4 is 5.32 Å². The van der Waals surface area contributed by atoms with E-state index in [0.29, 0.717) is 38.5 Å². The van der Waals surface area contributed by atoms with E-state index in [1.807, 2.05) is 0 Å². The Morgan fingerprint density at radius 1 is 0.966 bits per heavy atom. The number of nitrogens with zero attached hydrogens (tertiary/aromatic N) is 3. The number of aromatic nitrogens is 3. The highest BCUT2D eigenvalue weighted by molar-refractivity contribution is 6.36. The van der Waals surface area contributed by atoms with Crippen molar-refractivity contribution in [2.24, 2.45) is 0 Å². The van der Waals surface area contributed by atoms with Crippen LogP contribution in [0.2, 0.25) is 10.0 Å². The minimum Gasteiger partial charge on any atom is -0.417 e.